The summed E-state index contributed by atoms with van der Waals surface area (Å²) in [6, 6.07) is 1.40. The zero-order valence-corrected chi connectivity index (χ0v) is 10.5. The molecule has 15 heavy (non-hydrogen) atoms. The van der Waals surface area contributed by atoms with Gasteiger partial charge in [-0.2, -0.15) is 0 Å². The molecule has 0 aromatic heterocycles. The van der Waals surface area contributed by atoms with Gasteiger partial charge in [-0.25, -0.2) is 0 Å². The van der Waals surface area contributed by atoms with Gasteiger partial charge < -0.3 is 10.2 Å². The number of hydrogen-bond donors (Lipinski definition) is 1. The molecule has 0 aromatic rings. The van der Waals surface area contributed by atoms with Crippen molar-refractivity contribution in [1.29, 1.82) is 0 Å². The van der Waals surface area contributed by atoms with Crippen molar-refractivity contribution < 1.29 is 0 Å². The molecule has 2 fully saturated rings. The Morgan fingerprint density at radius 3 is 2.40 bits per heavy atom. The summed E-state index contributed by atoms with van der Waals surface area (Å²) in [6.45, 7) is 3.26. The molecule has 0 bridgehead atoms. The first kappa shape index (κ1) is 11.2. The summed E-state index contributed by atoms with van der Waals surface area (Å²) in [4.78, 5) is 2.37. The van der Waals surface area contributed by atoms with Gasteiger partial charge in [0, 0.05) is 18.6 Å². The van der Waals surface area contributed by atoms with E-state index in [4.69, 9.17) is 12.2 Å². The average molecular weight is 226 g/mol. The van der Waals surface area contributed by atoms with Crippen LogP contribution in [0.2, 0.25) is 0 Å². The van der Waals surface area contributed by atoms with E-state index in [1.807, 2.05) is 0 Å². The molecule has 3 heteroatoms. The smallest absolute Gasteiger partial charge is 0.169 e. The molecule has 2 nitrogen and oxygen atoms in total. The Balaban J connectivity index is 1.78. The van der Waals surface area contributed by atoms with Crippen LogP contribution in [0.4, 0.5) is 0 Å². The molecule has 2 saturated carbocycles. The molecule has 2 aliphatic rings. The number of thiocarbonyl (C=S) groups is 1. The Kier molecular flexibility index (Phi) is 3.84. The van der Waals surface area contributed by atoms with Gasteiger partial charge in [0.15, 0.2) is 5.11 Å². The van der Waals surface area contributed by atoms with E-state index in [-0.39, 0.29) is 0 Å². The second-order valence-electron chi connectivity index (χ2n) is 4.80. The van der Waals surface area contributed by atoms with Crippen molar-refractivity contribution in [2.45, 2.75) is 64.0 Å². The summed E-state index contributed by atoms with van der Waals surface area (Å²) >= 11 is 5.49. The fourth-order valence-corrected chi connectivity index (χ4v) is 2.90. The molecular formula is C12H22N2S. The highest BCUT2D eigenvalue weighted by molar-refractivity contribution is 7.80. The molecule has 1 N–H and O–H groups in total. The van der Waals surface area contributed by atoms with Crippen molar-refractivity contribution in [3.05, 3.63) is 0 Å². The molecule has 2 rings (SSSR count). The molecular weight excluding hydrogens is 204 g/mol. The largest absolute Gasteiger partial charge is 0.360 e. The Bertz CT molecular complexity index is 220. The van der Waals surface area contributed by atoms with Gasteiger partial charge in [-0.15, -0.1) is 0 Å². The first-order valence-electron chi connectivity index (χ1n) is 6.38. The van der Waals surface area contributed by atoms with Crippen LogP contribution in [0.3, 0.4) is 0 Å². The molecule has 0 saturated heterocycles. The zero-order chi connectivity index (χ0) is 10.7. The Hall–Kier alpha value is -0.310. The number of rotatable bonds is 3. The molecule has 0 aliphatic heterocycles. The van der Waals surface area contributed by atoms with Gasteiger partial charge >= 0.3 is 0 Å². The third-order valence-electron chi connectivity index (χ3n) is 3.52. The van der Waals surface area contributed by atoms with Crippen molar-refractivity contribution in [3.8, 4) is 0 Å². The summed E-state index contributed by atoms with van der Waals surface area (Å²) in [7, 11) is 0. The predicted octanol–water partition coefficient (Wildman–Crippen LogP) is 2.68. The number of nitrogens with one attached hydrogen (secondary N) is 1. The summed E-state index contributed by atoms with van der Waals surface area (Å²) in [5.74, 6) is 0. The van der Waals surface area contributed by atoms with Gasteiger partial charge in [0.25, 0.3) is 0 Å². The Labute approximate surface area is 98.4 Å². The molecule has 0 amide bonds. The maximum Gasteiger partial charge on any atom is 0.169 e. The third kappa shape index (κ3) is 3.07. The third-order valence-corrected chi connectivity index (χ3v) is 3.87. The van der Waals surface area contributed by atoms with Crippen LogP contribution in [0.5, 0.6) is 0 Å². The Morgan fingerprint density at radius 1 is 1.20 bits per heavy atom. The van der Waals surface area contributed by atoms with Crippen LogP contribution in [-0.4, -0.2) is 28.6 Å². The molecule has 0 atom stereocenters. The topological polar surface area (TPSA) is 15.3 Å². The van der Waals surface area contributed by atoms with Crippen LogP contribution < -0.4 is 5.32 Å². The molecule has 0 spiro atoms. The van der Waals surface area contributed by atoms with E-state index in [1.54, 1.807) is 0 Å². The van der Waals surface area contributed by atoms with Gasteiger partial charge in [-0.3, -0.25) is 0 Å². The minimum Gasteiger partial charge on any atom is -0.360 e. The summed E-state index contributed by atoms with van der Waals surface area (Å²) in [5, 5.41) is 4.55. The lowest BCUT2D eigenvalue weighted by Crippen LogP contribution is -2.46. The van der Waals surface area contributed by atoms with Crippen LogP contribution >= 0.6 is 12.2 Å². The molecule has 0 radical (unpaired) electrons. The van der Waals surface area contributed by atoms with Crippen molar-refractivity contribution in [2.24, 2.45) is 0 Å². The van der Waals surface area contributed by atoms with Crippen molar-refractivity contribution >= 4 is 17.3 Å². The zero-order valence-electron chi connectivity index (χ0n) is 9.67. The SMILES string of the molecule is CCN(C(=S)NC1CCCCC1)C1CC1. The van der Waals surface area contributed by atoms with Crippen LogP contribution in [0.15, 0.2) is 0 Å². The molecule has 2 aliphatic carbocycles. The van der Waals surface area contributed by atoms with E-state index < -0.39 is 0 Å². The average Bonchev–Trinajstić information content (AvgIpc) is 3.04. The van der Waals surface area contributed by atoms with Crippen LogP contribution in [0.1, 0.15) is 51.9 Å². The first-order chi connectivity index (χ1) is 7.31. The lowest BCUT2D eigenvalue weighted by Gasteiger charge is -2.30. The number of nitrogens with zero attached hydrogens (tertiary/aromatic N) is 1. The highest BCUT2D eigenvalue weighted by Crippen LogP contribution is 2.27. The maximum atomic E-state index is 5.49. The van der Waals surface area contributed by atoms with Crippen LogP contribution in [0.25, 0.3) is 0 Å². The number of hydrogen-bond acceptors (Lipinski definition) is 1. The second-order valence-corrected chi connectivity index (χ2v) is 5.19. The molecule has 86 valence electrons. The van der Waals surface area contributed by atoms with Gasteiger partial charge in [-0.05, 0) is 44.8 Å². The van der Waals surface area contributed by atoms with E-state index in [0.29, 0.717) is 6.04 Å². The monoisotopic (exact) mass is 226 g/mol. The van der Waals surface area contributed by atoms with Crippen LogP contribution in [-0.2, 0) is 0 Å². The van der Waals surface area contributed by atoms with Crippen molar-refractivity contribution in [3.63, 3.8) is 0 Å². The molecule has 0 unspecified atom stereocenters. The quantitative estimate of drug-likeness (QED) is 0.745. The van der Waals surface area contributed by atoms with E-state index in [9.17, 15) is 0 Å². The van der Waals surface area contributed by atoms with Gasteiger partial charge in [0.05, 0.1) is 0 Å². The molecule has 0 heterocycles. The lowest BCUT2D eigenvalue weighted by atomic mass is 9.96. The summed E-state index contributed by atoms with van der Waals surface area (Å²) in [5.41, 5.74) is 0. The van der Waals surface area contributed by atoms with Crippen molar-refractivity contribution in [2.75, 3.05) is 6.54 Å². The fraction of sp³-hybridized carbons (Fsp3) is 0.917. The van der Waals surface area contributed by atoms with Crippen molar-refractivity contribution in [1.82, 2.24) is 10.2 Å². The van der Waals surface area contributed by atoms with Gasteiger partial charge in [0.2, 0.25) is 0 Å². The first-order valence-corrected chi connectivity index (χ1v) is 6.79. The lowest BCUT2D eigenvalue weighted by molar-refractivity contribution is 0.375. The van der Waals surface area contributed by atoms with E-state index >= 15 is 0 Å². The van der Waals surface area contributed by atoms with E-state index in [2.05, 4.69) is 17.1 Å². The van der Waals surface area contributed by atoms with E-state index in [0.717, 1.165) is 17.7 Å². The normalized spacial score (nSPS) is 22.5. The van der Waals surface area contributed by atoms with E-state index in [1.165, 1.54) is 44.9 Å². The second kappa shape index (κ2) is 5.15. The fourth-order valence-electron chi connectivity index (χ4n) is 2.46. The van der Waals surface area contributed by atoms with Crippen LogP contribution in [0, 0.1) is 0 Å². The minimum atomic E-state index is 0.652. The summed E-state index contributed by atoms with van der Waals surface area (Å²) in [6.07, 6.45) is 9.43. The molecule has 0 aromatic carbocycles. The minimum absolute atomic E-state index is 0.652. The van der Waals surface area contributed by atoms with Gasteiger partial charge in [-0.1, -0.05) is 19.3 Å². The summed E-state index contributed by atoms with van der Waals surface area (Å²) < 4.78 is 0. The highest BCUT2D eigenvalue weighted by atomic mass is 32.1. The Morgan fingerprint density at radius 2 is 1.87 bits per heavy atom. The standard InChI is InChI=1S/C12H22N2S/c1-2-14(11-8-9-11)12(15)13-10-6-4-3-5-7-10/h10-11H,2-9H2,1H3,(H,13,15). The highest BCUT2D eigenvalue weighted by Gasteiger charge is 2.30. The predicted molar refractivity (Wildman–Crippen MR) is 68.0 cm³/mol. The van der Waals surface area contributed by atoms with Gasteiger partial charge in [0.1, 0.15) is 0 Å². The maximum absolute atomic E-state index is 5.49.